The number of benzene rings is 2. The minimum absolute atomic E-state index is 0.269. The molecule has 0 heterocycles. The van der Waals surface area contributed by atoms with Crippen molar-refractivity contribution in [2.45, 2.75) is 64.7 Å². The number of rotatable bonds is 8. The normalized spacial score (nSPS) is 17.7. The van der Waals surface area contributed by atoms with Crippen LogP contribution in [0.25, 0.3) is 17.7 Å². The molecule has 0 N–H and O–H groups in total. The van der Waals surface area contributed by atoms with E-state index in [4.69, 9.17) is 0 Å². The third-order valence-electron chi connectivity index (χ3n) is 5.83. The predicted molar refractivity (Wildman–Crippen MR) is 125 cm³/mol. The number of hydrogen-bond acceptors (Lipinski definition) is 0. The molecule has 0 aromatic heterocycles. The Morgan fingerprint density at radius 1 is 0.900 bits per heavy atom. The third-order valence-corrected chi connectivity index (χ3v) is 5.83. The molecule has 0 spiro atoms. The van der Waals surface area contributed by atoms with Crippen molar-refractivity contribution in [1.82, 2.24) is 0 Å². The molecule has 2 aromatic carbocycles. The molecule has 0 fully saturated rings. The molecule has 0 aliphatic heterocycles. The van der Waals surface area contributed by atoms with Gasteiger partial charge in [-0.3, -0.25) is 0 Å². The van der Waals surface area contributed by atoms with Crippen LogP contribution < -0.4 is 0 Å². The van der Waals surface area contributed by atoms with E-state index in [9.17, 15) is 8.78 Å². The standard InChI is InChI=1S/C28H32F2/c1-3-5-6-8-22-11-15-25(16-12-22)27(29)28(30)26-19-17-24(18-20-26)23-13-9-21(7-4-2)10-14-23/h6,8-9,11-12,15-20,23H,3-5,7,10,13-14H2,1-2H3/b8-6+,28-27+. The van der Waals surface area contributed by atoms with Gasteiger partial charge in [0.05, 0.1) is 0 Å². The van der Waals surface area contributed by atoms with E-state index in [2.05, 4.69) is 26.0 Å². The second-order valence-electron chi connectivity index (χ2n) is 8.15. The van der Waals surface area contributed by atoms with Gasteiger partial charge in [-0.1, -0.05) is 99.0 Å². The van der Waals surface area contributed by atoms with Gasteiger partial charge < -0.3 is 0 Å². The van der Waals surface area contributed by atoms with Crippen LogP contribution in [-0.2, 0) is 0 Å². The molecule has 158 valence electrons. The van der Waals surface area contributed by atoms with E-state index in [0.717, 1.165) is 37.7 Å². The third kappa shape index (κ3) is 5.78. The van der Waals surface area contributed by atoms with Crippen molar-refractivity contribution in [1.29, 1.82) is 0 Å². The summed E-state index contributed by atoms with van der Waals surface area (Å²) in [6.45, 7) is 4.34. The molecule has 0 nitrogen and oxygen atoms in total. The fraction of sp³-hybridized carbons (Fsp3) is 0.357. The minimum Gasteiger partial charge on any atom is -0.203 e. The molecule has 1 atom stereocenters. The van der Waals surface area contributed by atoms with Gasteiger partial charge in [-0.05, 0) is 49.1 Å². The zero-order valence-electron chi connectivity index (χ0n) is 18.1. The average molecular weight is 407 g/mol. The monoisotopic (exact) mass is 406 g/mol. The Hall–Kier alpha value is -2.48. The topological polar surface area (TPSA) is 0 Å². The van der Waals surface area contributed by atoms with Gasteiger partial charge in [0.2, 0.25) is 0 Å². The van der Waals surface area contributed by atoms with Crippen LogP contribution >= 0.6 is 0 Å². The van der Waals surface area contributed by atoms with Crippen molar-refractivity contribution in [3.05, 3.63) is 88.5 Å². The fourth-order valence-electron chi connectivity index (χ4n) is 4.02. The van der Waals surface area contributed by atoms with Crippen LogP contribution in [0.3, 0.4) is 0 Å². The van der Waals surface area contributed by atoms with Gasteiger partial charge in [-0.15, -0.1) is 0 Å². The summed E-state index contributed by atoms with van der Waals surface area (Å²) in [5.74, 6) is -1.13. The van der Waals surface area contributed by atoms with Gasteiger partial charge in [0.1, 0.15) is 0 Å². The van der Waals surface area contributed by atoms with Crippen LogP contribution in [0.1, 0.15) is 87.0 Å². The Morgan fingerprint density at radius 3 is 2.07 bits per heavy atom. The molecule has 3 rings (SSSR count). The first-order chi connectivity index (χ1) is 14.6. The lowest BCUT2D eigenvalue weighted by atomic mass is 9.83. The Bertz CT molecular complexity index is 899. The highest BCUT2D eigenvalue weighted by molar-refractivity contribution is 5.83. The summed E-state index contributed by atoms with van der Waals surface area (Å²) in [6.07, 6.45) is 14.3. The van der Waals surface area contributed by atoms with Crippen LogP contribution in [-0.4, -0.2) is 0 Å². The smallest absolute Gasteiger partial charge is 0.166 e. The molecular formula is C28H32F2. The van der Waals surface area contributed by atoms with Crippen molar-refractivity contribution in [3.8, 4) is 0 Å². The first-order valence-electron chi connectivity index (χ1n) is 11.2. The largest absolute Gasteiger partial charge is 0.203 e. The molecule has 0 amide bonds. The van der Waals surface area contributed by atoms with Crippen molar-refractivity contribution in [2.75, 3.05) is 0 Å². The van der Waals surface area contributed by atoms with Crippen LogP contribution in [0.2, 0.25) is 0 Å². The summed E-state index contributed by atoms with van der Waals surface area (Å²) in [5.41, 5.74) is 4.33. The van der Waals surface area contributed by atoms with E-state index in [1.54, 1.807) is 29.8 Å². The summed E-state index contributed by atoms with van der Waals surface area (Å²) < 4.78 is 29.5. The molecule has 0 saturated heterocycles. The molecule has 2 heteroatoms. The van der Waals surface area contributed by atoms with E-state index >= 15 is 0 Å². The Kier molecular flexibility index (Phi) is 8.19. The Labute approximate surface area is 180 Å². The number of unbranched alkanes of at least 4 members (excludes halogenated alkanes) is 1. The van der Waals surface area contributed by atoms with Gasteiger partial charge in [-0.25, -0.2) is 8.78 Å². The Balaban J connectivity index is 1.70. The number of allylic oxidation sites excluding steroid dienone is 3. The molecule has 0 saturated carbocycles. The van der Waals surface area contributed by atoms with Crippen LogP contribution in [0.5, 0.6) is 0 Å². The molecule has 30 heavy (non-hydrogen) atoms. The minimum atomic E-state index is -0.809. The van der Waals surface area contributed by atoms with E-state index in [-0.39, 0.29) is 5.56 Å². The van der Waals surface area contributed by atoms with Crippen LogP contribution in [0.15, 0.2) is 66.3 Å². The maximum atomic E-state index is 14.8. The van der Waals surface area contributed by atoms with Crippen molar-refractivity contribution < 1.29 is 8.78 Å². The summed E-state index contributed by atoms with van der Waals surface area (Å²) >= 11 is 0. The average Bonchev–Trinajstić information content (AvgIpc) is 2.80. The Morgan fingerprint density at radius 2 is 1.53 bits per heavy atom. The van der Waals surface area contributed by atoms with E-state index < -0.39 is 11.7 Å². The lowest BCUT2D eigenvalue weighted by Gasteiger charge is -2.22. The highest BCUT2D eigenvalue weighted by atomic mass is 19.2. The molecule has 0 radical (unpaired) electrons. The van der Waals surface area contributed by atoms with Crippen LogP contribution in [0.4, 0.5) is 8.78 Å². The summed E-state index contributed by atoms with van der Waals surface area (Å²) in [7, 11) is 0. The van der Waals surface area contributed by atoms with Crippen molar-refractivity contribution >= 4 is 17.7 Å². The van der Waals surface area contributed by atoms with Gasteiger partial charge in [0.25, 0.3) is 0 Å². The molecule has 2 aromatic rings. The summed E-state index contributed by atoms with van der Waals surface area (Å²) in [5, 5.41) is 0. The number of halogens is 2. The van der Waals surface area contributed by atoms with E-state index in [1.165, 1.54) is 18.4 Å². The second kappa shape index (κ2) is 11.1. The first kappa shape index (κ1) is 22.2. The highest BCUT2D eigenvalue weighted by Crippen LogP contribution is 2.35. The molecule has 1 aliphatic carbocycles. The van der Waals surface area contributed by atoms with E-state index in [1.807, 2.05) is 30.3 Å². The van der Waals surface area contributed by atoms with Gasteiger partial charge in [0.15, 0.2) is 11.7 Å². The van der Waals surface area contributed by atoms with Crippen molar-refractivity contribution in [3.63, 3.8) is 0 Å². The quantitative estimate of drug-likeness (QED) is 0.303. The summed E-state index contributed by atoms with van der Waals surface area (Å²) in [4.78, 5) is 0. The van der Waals surface area contributed by atoms with Crippen molar-refractivity contribution in [2.24, 2.45) is 0 Å². The molecule has 1 aliphatic rings. The fourth-order valence-corrected chi connectivity index (χ4v) is 4.02. The molecule has 0 bridgehead atoms. The maximum Gasteiger partial charge on any atom is 0.166 e. The highest BCUT2D eigenvalue weighted by Gasteiger charge is 2.17. The SMILES string of the molecule is CCC/C=C/c1ccc(/C(F)=C(\F)c2ccc(C3CC=C(CCC)CC3)cc2)cc1. The first-order valence-corrected chi connectivity index (χ1v) is 11.2. The lowest BCUT2D eigenvalue weighted by molar-refractivity contribution is 0.583. The lowest BCUT2D eigenvalue weighted by Crippen LogP contribution is -2.04. The van der Waals surface area contributed by atoms with Gasteiger partial charge in [0, 0.05) is 11.1 Å². The van der Waals surface area contributed by atoms with E-state index in [0.29, 0.717) is 11.5 Å². The predicted octanol–water partition coefficient (Wildman–Crippen LogP) is 9.26. The molecular weight excluding hydrogens is 374 g/mol. The second-order valence-corrected chi connectivity index (χ2v) is 8.15. The molecule has 1 unspecified atom stereocenters. The maximum absolute atomic E-state index is 14.8. The van der Waals surface area contributed by atoms with Gasteiger partial charge in [-0.2, -0.15) is 0 Å². The number of hydrogen-bond donors (Lipinski definition) is 0. The van der Waals surface area contributed by atoms with Crippen LogP contribution in [0, 0.1) is 0 Å². The zero-order valence-corrected chi connectivity index (χ0v) is 18.1. The zero-order chi connectivity index (χ0) is 21.3. The van der Waals surface area contributed by atoms with Gasteiger partial charge >= 0.3 is 0 Å². The summed E-state index contributed by atoms with van der Waals surface area (Å²) in [6, 6.07) is 14.2.